The van der Waals surface area contributed by atoms with E-state index in [-0.39, 0.29) is 23.8 Å². The van der Waals surface area contributed by atoms with Crippen LogP contribution in [0.5, 0.6) is 0 Å². The Bertz CT molecular complexity index is 1280. The Morgan fingerprint density at radius 3 is 2.68 bits per heavy atom. The van der Waals surface area contributed by atoms with E-state index in [0.717, 1.165) is 47.4 Å². The second kappa shape index (κ2) is 11.0. The molecule has 3 N–H and O–H groups in total. The van der Waals surface area contributed by atoms with Gasteiger partial charge in [0.25, 0.3) is 11.8 Å². The van der Waals surface area contributed by atoms with Gasteiger partial charge in [-0.1, -0.05) is 18.2 Å². The minimum absolute atomic E-state index is 0.132. The number of likely N-dealkylation sites (N-methyl/N-ethyl adjacent to an activating group) is 2. The molecule has 2 saturated heterocycles. The Labute approximate surface area is 220 Å². The minimum atomic E-state index is -0.422. The molecule has 0 aliphatic carbocycles. The van der Waals surface area contributed by atoms with Crippen LogP contribution in [-0.2, 0) is 16.0 Å². The van der Waals surface area contributed by atoms with Crippen molar-refractivity contribution in [1.29, 1.82) is 0 Å². The van der Waals surface area contributed by atoms with E-state index in [1.165, 1.54) is 11.3 Å². The van der Waals surface area contributed by atoms with Gasteiger partial charge in [-0.3, -0.25) is 30.1 Å². The summed E-state index contributed by atoms with van der Waals surface area (Å²) in [4.78, 5) is 51.9. The second-order valence-corrected chi connectivity index (χ2v) is 10.9. The molecule has 2 aliphatic rings. The second-order valence-electron chi connectivity index (χ2n) is 9.96. The molecule has 37 heavy (non-hydrogen) atoms. The van der Waals surface area contributed by atoms with Gasteiger partial charge in [0.1, 0.15) is 11.7 Å². The molecule has 0 bridgehead atoms. The Balaban J connectivity index is 1.10. The van der Waals surface area contributed by atoms with Crippen molar-refractivity contribution in [3.05, 3.63) is 52.1 Å². The van der Waals surface area contributed by atoms with Crippen molar-refractivity contribution in [2.75, 3.05) is 46.8 Å². The Morgan fingerprint density at radius 2 is 1.86 bits per heavy atom. The number of thiazole rings is 1. The van der Waals surface area contributed by atoms with Gasteiger partial charge < -0.3 is 14.8 Å². The van der Waals surface area contributed by atoms with E-state index in [4.69, 9.17) is 0 Å². The molecule has 0 radical (unpaired) electrons. The summed E-state index contributed by atoms with van der Waals surface area (Å²) in [5.41, 5.74) is 7.42. The predicted octanol–water partition coefficient (Wildman–Crippen LogP) is 1.58. The van der Waals surface area contributed by atoms with Gasteiger partial charge in [-0.05, 0) is 38.6 Å². The van der Waals surface area contributed by atoms with Crippen LogP contribution in [0.25, 0.3) is 10.9 Å². The summed E-state index contributed by atoms with van der Waals surface area (Å²) in [5, 5.41) is 3.72. The number of nitrogens with zero attached hydrogens (tertiary/aromatic N) is 4. The summed E-state index contributed by atoms with van der Waals surface area (Å²) < 4.78 is 0. The van der Waals surface area contributed by atoms with Crippen molar-refractivity contribution in [3.63, 3.8) is 0 Å². The maximum absolute atomic E-state index is 12.9. The predicted molar refractivity (Wildman–Crippen MR) is 142 cm³/mol. The number of para-hydroxylation sites is 1. The fraction of sp³-hybridized carbons (Fsp3) is 0.462. The highest BCUT2D eigenvalue weighted by atomic mass is 32.1. The highest BCUT2D eigenvalue weighted by Gasteiger charge is 2.30. The van der Waals surface area contributed by atoms with E-state index >= 15 is 0 Å². The number of likely N-dealkylation sites (tertiary alicyclic amines) is 1. The normalized spacial score (nSPS) is 19.7. The third kappa shape index (κ3) is 5.68. The lowest BCUT2D eigenvalue weighted by Gasteiger charge is -2.36. The lowest BCUT2D eigenvalue weighted by Crippen LogP contribution is -2.59. The van der Waals surface area contributed by atoms with Crippen LogP contribution in [0.4, 0.5) is 0 Å². The average Bonchev–Trinajstić information content (AvgIpc) is 3.57. The zero-order valence-corrected chi connectivity index (χ0v) is 22.0. The number of aromatic nitrogens is 2. The number of piperazine rings is 1. The molecule has 3 aromatic rings. The number of H-pyrrole nitrogens is 1. The number of carbonyl (C=O) groups excluding carboxylic acids is 3. The molecule has 196 valence electrons. The molecule has 1 aromatic carbocycles. The third-order valence-electron chi connectivity index (χ3n) is 7.42. The lowest BCUT2D eigenvalue weighted by molar-refractivity contribution is -0.131. The van der Waals surface area contributed by atoms with Gasteiger partial charge >= 0.3 is 0 Å². The first-order valence-corrected chi connectivity index (χ1v) is 13.5. The van der Waals surface area contributed by atoms with Crippen molar-refractivity contribution in [3.8, 4) is 0 Å². The number of fused-ring (bicyclic) bond motifs is 1. The first-order chi connectivity index (χ1) is 17.9. The molecule has 11 heteroatoms. The number of rotatable bonds is 5. The largest absolute Gasteiger partial charge is 0.361 e. The smallest absolute Gasteiger partial charge is 0.289 e. The Hall–Kier alpha value is -3.28. The fourth-order valence-electron chi connectivity index (χ4n) is 5.07. The number of benzene rings is 1. The van der Waals surface area contributed by atoms with Crippen LogP contribution in [0.3, 0.4) is 0 Å². The highest BCUT2D eigenvalue weighted by molar-refractivity contribution is 7.09. The summed E-state index contributed by atoms with van der Waals surface area (Å²) in [6, 6.07) is 7.71. The van der Waals surface area contributed by atoms with E-state index in [2.05, 4.69) is 25.7 Å². The van der Waals surface area contributed by atoms with Crippen LogP contribution < -0.4 is 10.9 Å². The van der Waals surface area contributed by atoms with Crippen LogP contribution in [0.2, 0.25) is 0 Å². The van der Waals surface area contributed by atoms with Crippen molar-refractivity contribution in [1.82, 2.24) is 35.5 Å². The summed E-state index contributed by atoms with van der Waals surface area (Å²) in [6.07, 6.45) is 3.93. The zero-order valence-electron chi connectivity index (χ0n) is 21.2. The molecule has 2 fully saturated rings. The van der Waals surface area contributed by atoms with Gasteiger partial charge in [-0.2, -0.15) is 0 Å². The van der Waals surface area contributed by atoms with E-state index in [0.29, 0.717) is 31.7 Å². The number of carbonyl (C=O) groups is 3. The molecular formula is C26H33N7O3S. The van der Waals surface area contributed by atoms with Crippen molar-refractivity contribution in [2.24, 2.45) is 0 Å². The first-order valence-electron chi connectivity index (χ1n) is 12.7. The molecule has 3 amide bonds. The summed E-state index contributed by atoms with van der Waals surface area (Å²) in [5.74, 6) is -0.311. The van der Waals surface area contributed by atoms with E-state index in [9.17, 15) is 14.4 Å². The number of hydrogen-bond donors (Lipinski definition) is 3. The van der Waals surface area contributed by atoms with Crippen LogP contribution in [-0.4, -0.2) is 95.3 Å². The lowest BCUT2D eigenvalue weighted by atomic mass is 9.97. The molecule has 2 aliphatic heterocycles. The number of hydrogen-bond acceptors (Lipinski definition) is 7. The monoisotopic (exact) mass is 523 g/mol. The number of nitrogens with one attached hydrogen (secondary N) is 3. The SMILES string of the molecule is CN1CCN(C)C(C(=O)NNC(=O)c2csc(C3CCN(C(=O)Cc4c[nH]c5ccccc45)CC3)n2)C1. The first kappa shape index (κ1) is 25.4. The van der Waals surface area contributed by atoms with Gasteiger partial charge in [0.05, 0.1) is 11.4 Å². The van der Waals surface area contributed by atoms with Crippen molar-refractivity contribution < 1.29 is 14.4 Å². The topological polar surface area (TPSA) is 114 Å². The van der Waals surface area contributed by atoms with Crippen LogP contribution in [0.1, 0.15) is 39.8 Å². The van der Waals surface area contributed by atoms with E-state index < -0.39 is 5.91 Å². The molecule has 0 saturated carbocycles. The van der Waals surface area contributed by atoms with Crippen LogP contribution >= 0.6 is 11.3 Å². The van der Waals surface area contributed by atoms with E-state index in [1.807, 2.05) is 54.4 Å². The maximum Gasteiger partial charge on any atom is 0.289 e. The molecular weight excluding hydrogens is 490 g/mol. The molecule has 2 aromatic heterocycles. The summed E-state index contributed by atoms with van der Waals surface area (Å²) in [7, 11) is 3.89. The third-order valence-corrected chi connectivity index (χ3v) is 8.43. The van der Waals surface area contributed by atoms with Crippen LogP contribution in [0, 0.1) is 0 Å². The van der Waals surface area contributed by atoms with E-state index in [1.54, 1.807) is 5.38 Å². The van der Waals surface area contributed by atoms with Crippen molar-refractivity contribution in [2.45, 2.75) is 31.2 Å². The molecule has 1 atom stereocenters. The van der Waals surface area contributed by atoms with Gasteiger partial charge in [0.2, 0.25) is 5.91 Å². The van der Waals surface area contributed by atoms with Gasteiger partial charge in [-0.25, -0.2) is 4.98 Å². The number of aromatic amines is 1. The maximum atomic E-state index is 12.9. The van der Waals surface area contributed by atoms with Gasteiger partial charge in [-0.15, -0.1) is 11.3 Å². The molecule has 0 spiro atoms. The quantitative estimate of drug-likeness (QED) is 0.438. The fourth-order valence-corrected chi connectivity index (χ4v) is 6.04. The summed E-state index contributed by atoms with van der Waals surface area (Å²) in [6.45, 7) is 3.66. The van der Waals surface area contributed by atoms with Gasteiger partial charge in [0, 0.05) is 61.1 Å². The van der Waals surface area contributed by atoms with Gasteiger partial charge in [0.15, 0.2) is 0 Å². The molecule has 5 rings (SSSR count). The Morgan fingerprint density at radius 1 is 1.08 bits per heavy atom. The van der Waals surface area contributed by atoms with Crippen molar-refractivity contribution >= 4 is 40.0 Å². The molecule has 10 nitrogen and oxygen atoms in total. The Kier molecular flexibility index (Phi) is 7.54. The molecule has 1 unspecified atom stereocenters. The minimum Gasteiger partial charge on any atom is -0.361 e. The summed E-state index contributed by atoms with van der Waals surface area (Å²) >= 11 is 1.46. The number of amides is 3. The highest BCUT2D eigenvalue weighted by Crippen LogP contribution is 2.31. The molecule has 4 heterocycles. The zero-order chi connectivity index (χ0) is 25.9. The van der Waals surface area contributed by atoms with Crippen LogP contribution in [0.15, 0.2) is 35.8 Å². The average molecular weight is 524 g/mol. The number of hydrazine groups is 1. The standard InChI is InChI=1S/C26H33N7O3S/c1-31-11-12-32(2)22(15-31)25(36)30-29-24(35)21-16-37-26(28-21)17-7-9-33(10-8-17)23(34)13-18-14-27-20-6-4-3-5-19(18)20/h3-6,14,16-17,22,27H,7-13,15H2,1-2H3,(H,29,35)(H,30,36). The number of piperidine rings is 1.